The number of allylic oxidation sites excluding steroid dienone is 1. The van der Waals surface area contributed by atoms with E-state index in [1.165, 1.54) is 0 Å². The molecule has 0 spiro atoms. The van der Waals surface area contributed by atoms with Gasteiger partial charge in [0.2, 0.25) is 0 Å². The second kappa shape index (κ2) is 10.7. The van der Waals surface area contributed by atoms with Gasteiger partial charge in [-0.3, -0.25) is 0 Å². The smallest absolute Gasteiger partial charge is 0.125 e. The molecule has 0 heterocycles. The molecule has 1 aromatic carbocycles. The number of hydrogen-bond acceptors (Lipinski definition) is 4. The predicted octanol–water partition coefficient (Wildman–Crippen LogP) is 4.83. The highest BCUT2D eigenvalue weighted by molar-refractivity contribution is 5.81. The van der Waals surface area contributed by atoms with Crippen molar-refractivity contribution in [2.75, 3.05) is 20.3 Å². The SMILES string of the molecule is C/C=C/COc1cc(C)c(OCCCC/C(C)=N/OC)c(C)c1. The molecule has 0 bridgehead atoms. The summed E-state index contributed by atoms with van der Waals surface area (Å²) in [6.45, 7) is 9.38. The molecular weight excluding hydrogens is 290 g/mol. The first-order valence-electron chi connectivity index (χ1n) is 8.13. The van der Waals surface area contributed by atoms with Crippen LogP contribution in [0, 0.1) is 13.8 Å². The fraction of sp³-hybridized carbons (Fsp3) is 0.526. The van der Waals surface area contributed by atoms with Crippen LogP contribution in [0.3, 0.4) is 0 Å². The molecule has 0 saturated carbocycles. The minimum atomic E-state index is 0.595. The van der Waals surface area contributed by atoms with Crippen molar-refractivity contribution in [1.82, 2.24) is 0 Å². The van der Waals surface area contributed by atoms with E-state index in [2.05, 4.69) is 19.0 Å². The molecule has 0 aliphatic rings. The maximum atomic E-state index is 5.95. The summed E-state index contributed by atoms with van der Waals surface area (Å²) in [6, 6.07) is 4.06. The summed E-state index contributed by atoms with van der Waals surface area (Å²) >= 11 is 0. The Morgan fingerprint density at radius 1 is 1.13 bits per heavy atom. The van der Waals surface area contributed by atoms with E-state index in [1.807, 2.05) is 38.1 Å². The molecule has 128 valence electrons. The van der Waals surface area contributed by atoms with Gasteiger partial charge in [-0.2, -0.15) is 0 Å². The van der Waals surface area contributed by atoms with Crippen molar-refractivity contribution in [3.8, 4) is 11.5 Å². The molecule has 0 amide bonds. The number of benzene rings is 1. The van der Waals surface area contributed by atoms with Crippen molar-refractivity contribution in [3.05, 3.63) is 35.4 Å². The molecule has 0 aliphatic heterocycles. The highest BCUT2D eigenvalue weighted by Gasteiger charge is 2.07. The average molecular weight is 319 g/mol. The standard InChI is InChI=1S/C19H29NO3/c1-6-7-11-22-18-13-15(2)19(16(3)14-18)23-12-9-8-10-17(4)20-21-5/h6-7,13-14H,8-12H2,1-5H3/b7-6+,20-17+. The Hall–Kier alpha value is -1.97. The maximum Gasteiger partial charge on any atom is 0.125 e. The predicted molar refractivity (Wildman–Crippen MR) is 95.7 cm³/mol. The Bertz CT molecular complexity index is 512. The van der Waals surface area contributed by atoms with E-state index in [0.717, 1.165) is 47.6 Å². The van der Waals surface area contributed by atoms with Crippen LogP contribution in [0.2, 0.25) is 0 Å². The van der Waals surface area contributed by atoms with Crippen LogP contribution in [-0.2, 0) is 4.84 Å². The Balaban J connectivity index is 2.46. The molecule has 23 heavy (non-hydrogen) atoms. The van der Waals surface area contributed by atoms with Crippen LogP contribution >= 0.6 is 0 Å². The molecule has 0 aliphatic carbocycles. The van der Waals surface area contributed by atoms with Gasteiger partial charge in [-0.25, -0.2) is 0 Å². The molecule has 1 aromatic rings. The number of hydrogen-bond donors (Lipinski definition) is 0. The molecule has 1 rings (SSSR count). The monoisotopic (exact) mass is 319 g/mol. The van der Waals surface area contributed by atoms with Gasteiger partial charge in [0.25, 0.3) is 0 Å². The van der Waals surface area contributed by atoms with Crippen molar-refractivity contribution in [2.24, 2.45) is 5.16 Å². The number of unbranched alkanes of at least 4 members (excludes halogenated alkanes) is 1. The van der Waals surface area contributed by atoms with Crippen molar-refractivity contribution >= 4 is 5.71 Å². The van der Waals surface area contributed by atoms with Crippen molar-refractivity contribution < 1.29 is 14.3 Å². The molecule has 0 atom stereocenters. The van der Waals surface area contributed by atoms with E-state index >= 15 is 0 Å². The topological polar surface area (TPSA) is 40.0 Å². The number of nitrogens with zero attached hydrogens (tertiary/aromatic N) is 1. The lowest BCUT2D eigenvalue weighted by molar-refractivity contribution is 0.212. The highest BCUT2D eigenvalue weighted by atomic mass is 16.6. The quantitative estimate of drug-likeness (QED) is 0.268. The zero-order valence-electron chi connectivity index (χ0n) is 15.0. The first kappa shape index (κ1) is 19.1. The Morgan fingerprint density at radius 2 is 1.83 bits per heavy atom. The zero-order valence-corrected chi connectivity index (χ0v) is 15.0. The van der Waals surface area contributed by atoms with Gasteiger partial charge in [-0.05, 0) is 70.2 Å². The third kappa shape index (κ3) is 7.22. The van der Waals surface area contributed by atoms with E-state index in [1.54, 1.807) is 7.11 Å². The summed E-state index contributed by atoms with van der Waals surface area (Å²) in [6.07, 6.45) is 6.95. The number of aryl methyl sites for hydroxylation is 2. The highest BCUT2D eigenvalue weighted by Crippen LogP contribution is 2.28. The summed E-state index contributed by atoms with van der Waals surface area (Å²) in [4.78, 5) is 4.75. The van der Waals surface area contributed by atoms with Crippen LogP contribution in [0.1, 0.15) is 44.2 Å². The van der Waals surface area contributed by atoms with Crippen LogP contribution in [0.5, 0.6) is 11.5 Å². The van der Waals surface area contributed by atoms with Gasteiger partial charge in [0.1, 0.15) is 25.2 Å². The summed E-state index contributed by atoms with van der Waals surface area (Å²) in [5.41, 5.74) is 3.23. The Kier molecular flexibility index (Phi) is 8.88. The number of oxime groups is 1. The van der Waals surface area contributed by atoms with Crippen LogP contribution in [0.15, 0.2) is 29.4 Å². The molecule has 0 N–H and O–H groups in total. The van der Waals surface area contributed by atoms with Crippen molar-refractivity contribution in [2.45, 2.75) is 47.0 Å². The maximum absolute atomic E-state index is 5.95. The molecule has 0 unspecified atom stereocenters. The van der Waals surface area contributed by atoms with E-state index in [-0.39, 0.29) is 0 Å². The third-order valence-corrected chi connectivity index (χ3v) is 3.44. The fourth-order valence-electron chi connectivity index (χ4n) is 2.32. The van der Waals surface area contributed by atoms with Gasteiger partial charge in [0, 0.05) is 0 Å². The van der Waals surface area contributed by atoms with Crippen LogP contribution in [-0.4, -0.2) is 26.0 Å². The van der Waals surface area contributed by atoms with Gasteiger partial charge in [0.05, 0.1) is 12.3 Å². The lowest BCUT2D eigenvalue weighted by atomic mass is 10.1. The lowest BCUT2D eigenvalue weighted by Gasteiger charge is -2.14. The second-order valence-electron chi connectivity index (χ2n) is 5.58. The molecule has 0 saturated heterocycles. The van der Waals surface area contributed by atoms with E-state index in [9.17, 15) is 0 Å². The van der Waals surface area contributed by atoms with Crippen LogP contribution < -0.4 is 9.47 Å². The second-order valence-corrected chi connectivity index (χ2v) is 5.58. The zero-order chi connectivity index (χ0) is 17.1. The summed E-state index contributed by atoms with van der Waals surface area (Å²) < 4.78 is 11.6. The van der Waals surface area contributed by atoms with Crippen molar-refractivity contribution in [1.29, 1.82) is 0 Å². The summed E-state index contributed by atoms with van der Waals surface area (Å²) in [5.74, 6) is 1.85. The normalized spacial score (nSPS) is 11.8. The van der Waals surface area contributed by atoms with Crippen LogP contribution in [0.4, 0.5) is 0 Å². The molecule has 0 fully saturated rings. The van der Waals surface area contributed by atoms with Crippen molar-refractivity contribution in [3.63, 3.8) is 0 Å². The van der Waals surface area contributed by atoms with E-state index in [0.29, 0.717) is 13.2 Å². The first-order chi connectivity index (χ1) is 11.1. The van der Waals surface area contributed by atoms with Gasteiger partial charge in [0.15, 0.2) is 0 Å². The number of rotatable bonds is 10. The molecule has 4 heteroatoms. The fourth-order valence-corrected chi connectivity index (χ4v) is 2.32. The molecule has 0 radical (unpaired) electrons. The summed E-state index contributed by atoms with van der Waals surface area (Å²) in [7, 11) is 1.57. The minimum absolute atomic E-state index is 0.595. The minimum Gasteiger partial charge on any atom is -0.493 e. The van der Waals surface area contributed by atoms with Gasteiger partial charge < -0.3 is 14.3 Å². The first-order valence-corrected chi connectivity index (χ1v) is 8.13. The van der Waals surface area contributed by atoms with Gasteiger partial charge >= 0.3 is 0 Å². The summed E-state index contributed by atoms with van der Waals surface area (Å²) in [5, 5.41) is 3.91. The molecular formula is C19H29NO3. The van der Waals surface area contributed by atoms with E-state index < -0.39 is 0 Å². The molecule has 0 aromatic heterocycles. The largest absolute Gasteiger partial charge is 0.493 e. The Labute approximate surface area is 140 Å². The van der Waals surface area contributed by atoms with Gasteiger partial charge in [-0.15, -0.1) is 0 Å². The van der Waals surface area contributed by atoms with E-state index in [4.69, 9.17) is 14.3 Å². The van der Waals surface area contributed by atoms with Crippen LogP contribution in [0.25, 0.3) is 0 Å². The third-order valence-electron chi connectivity index (χ3n) is 3.44. The van der Waals surface area contributed by atoms with Gasteiger partial charge in [-0.1, -0.05) is 17.3 Å². The Morgan fingerprint density at radius 3 is 2.43 bits per heavy atom. The lowest BCUT2D eigenvalue weighted by Crippen LogP contribution is -2.03. The molecule has 4 nitrogen and oxygen atoms in total. The number of ether oxygens (including phenoxy) is 2. The average Bonchev–Trinajstić information content (AvgIpc) is 2.50.